The monoisotopic (exact) mass is 354 g/mol. The van der Waals surface area contributed by atoms with Gasteiger partial charge in [-0.1, -0.05) is 18.5 Å². The molecule has 0 aromatic carbocycles. The van der Waals surface area contributed by atoms with Crippen molar-refractivity contribution < 1.29 is 9.32 Å². The number of aryl methyl sites for hydroxylation is 1. The van der Waals surface area contributed by atoms with E-state index in [1.165, 1.54) is 6.20 Å². The molecule has 4 rings (SSSR count). The maximum absolute atomic E-state index is 12.0. The summed E-state index contributed by atoms with van der Waals surface area (Å²) in [6, 6.07) is 4.03. The van der Waals surface area contributed by atoms with Crippen LogP contribution in [-0.2, 0) is 0 Å². The molecule has 1 saturated heterocycles. The van der Waals surface area contributed by atoms with Gasteiger partial charge in [0.2, 0.25) is 0 Å². The normalized spacial score (nSPS) is 19.9. The molecule has 26 heavy (non-hydrogen) atoms. The molecule has 0 spiro atoms. The van der Waals surface area contributed by atoms with Crippen LogP contribution in [0.25, 0.3) is 16.8 Å². The van der Waals surface area contributed by atoms with Crippen LogP contribution in [0.4, 0.5) is 5.69 Å². The molecule has 0 bridgehead atoms. The predicted octanol–water partition coefficient (Wildman–Crippen LogP) is 1.81. The minimum Gasteiger partial charge on any atom is -0.378 e. The van der Waals surface area contributed by atoms with E-state index in [0.717, 1.165) is 36.3 Å². The number of rotatable bonds is 5. The van der Waals surface area contributed by atoms with Gasteiger partial charge in [-0.25, -0.2) is 4.52 Å². The molecule has 0 unspecified atom stereocenters. The molecule has 0 radical (unpaired) electrons. The smallest absolute Gasteiger partial charge is 0.252 e. The summed E-state index contributed by atoms with van der Waals surface area (Å²) in [7, 11) is 0. The lowest BCUT2D eigenvalue weighted by atomic mass is 10.00. The Morgan fingerprint density at radius 3 is 3.00 bits per heavy atom. The Morgan fingerprint density at radius 1 is 1.46 bits per heavy atom. The van der Waals surface area contributed by atoms with Crippen molar-refractivity contribution >= 4 is 17.1 Å². The summed E-state index contributed by atoms with van der Waals surface area (Å²) < 4.78 is 7.08. The van der Waals surface area contributed by atoms with Crippen LogP contribution in [0.1, 0.15) is 29.4 Å². The van der Waals surface area contributed by atoms with Crippen LogP contribution in [-0.4, -0.2) is 39.8 Å². The number of carbonyl (C=O) groups is 1. The zero-order chi connectivity index (χ0) is 18.3. The van der Waals surface area contributed by atoms with Gasteiger partial charge in [0, 0.05) is 37.0 Å². The van der Waals surface area contributed by atoms with Crippen molar-refractivity contribution in [3.8, 4) is 11.3 Å². The van der Waals surface area contributed by atoms with Gasteiger partial charge in [0.25, 0.3) is 5.91 Å². The number of hydrogen-bond donors (Lipinski definition) is 3. The maximum atomic E-state index is 12.0. The minimum absolute atomic E-state index is 0.232. The molecule has 0 saturated carbocycles. The number of carbonyl (C=O) groups excluding carboxylic acids is 1. The number of anilines is 1. The van der Waals surface area contributed by atoms with E-state index in [1.807, 2.05) is 25.3 Å². The molecule has 3 aromatic heterocycles. The average molecular weight is 354 g/mol. The van der Waals surface area contributed by atoms with Gasteiger partial charge in [0.15, 0.2) is 5.76 Å². The largest absolute Gasteiger partial charge is 0.378 e. The molecule has 0 aliphatic carbocycles. The van der Waals surface area contributed by atoms with E-state index in [4.69, 9.17) is 10.3 Å². The fourth-order valence-electron chi connectivity index (χ4n) is 3.55. The molecule has 3 aromatic rings. The fraction of sp³-hybridized carbons (Fsp3) is 0.389. The van der Waals surface area contributed by atoms with Crippen LogP contribution in [0.2, 0.25) is 0 Å². The summed E-state index contributed by atoms with van der Waals surface area (Å²) >= 11 is 0. The Labute approximate surface area is 150 Å². The first kappa shape index (κ1) is 16.6. The van der Waals surface area contributed by atoms with Crippen LogP contribution in [0.5, 0.6) is 0 Å². The number of hydrogen-bond acceptors (Lipinski definition) is 6. The number of fused-ring (bicyclic) bond motifs is 1. The first-order chi connectivity index (χ1) is 12.6. The lowest BCUT2D eigenvalue weighted by molar-refractivity contribution is 0.100. The van der Waals surface area contributed by atoms with Gasteiger partial charge in [-0.15, -0.1) is 0 Å². The average Bonchev–Trinajstić information content (AvgIpc) is 3.33. The van der Waals surface area contributed by atoms with Crippen molar-refractivity contribution in [2.24, 2.45) is 11.7 Å². The highest BCUT2D eigenvalue weighted by Crippen LogP contribution is 2.30. The molecule has 4 N–H and O–H groups in total. The molecule has 136 valence electrons. The van der Waals surface area contributed by atoms with Crippen LogP contribution in [0.15, 0.2) is 29.0 Å². The summed E-state index contributed by atoms with van der Waals surface area (Å²) in [6.07, 6.45) is 4.42. The molecule has 2 atom stereocenters. The van der Waals surface area contributed by atoms with Crippen molar-refractivity contribution in [2.75, 3.05) is 18.4 Å². The zero-order valence-corrected chi connectivity index (χ0v) is 14.8. The van der Waals surface area contributed by atoms with E-state index in [9.17, 15) is 4.79 Å². The van der Waals surface area contributed by atoms with Gasteiger partial charge in [-0.2, -0.15) is 5.10 Å². The summed E-state index contributed by atoms with van der Waals surface area (Å²) in [5.74, 6) is 0.656. The van der Waals surface area contributed by atoms with Gasteiger partial charge in [-0.05, 0) is 18.9 Å². The zero-order valence-electron chi connectivity index (χ0n) is 14.8. The molecule has 1 aliphatic rings. The second kappa shape index (κ2) is 6.45. The molecule has 1 aliphatic heterocycles. The van der Waals surface area contributed by atoms with E-state index < -0.39 is 5.91 Å². The van der Waals surface area contributed by atoms with Crippen molar-refractivity contribution in [3.63, 3.8) is 0 Å². The van der Waals surface area contributed by atoms with Crippen LogP contribution in [0, 0.1) is 12.8 Å². The highest BCUT2D eigenvalue weighted by atomic mass is 16.5. The van der Waals surface area contributed by atoms with Gasteiger partial charge < -0.3 is 20.9 Å². The van der Waals surface area contributed by atoms with Crippen molar-refractivity contribution in [3.05, 3.63) is 35.8 Å². The van der Waals surface area contributed by atoms with Crippen molar-refractivity contribution in [1.82, 2.24) is 20.1 Å². The van der Waals surface area contributed by atoms with Crippen LogP contribution < -0.4 is 16.4 Å². The Balaban J connectivity index is 1.80. The highest BCUT2D eigenvalue weighted by Gasteiger charge is 2.27. The second-order valence-corrected chi connectivity index (χ2v) is 6.77. The minimum atomic E-state index is -0.500. The number of nitrogens with one attached hydrogen (secondary N) is 2. The number of aromatic nitrogens is 3. The van der Waals surface area contributed by atoms with E-state index in [0.29, 0.717) is 22.9 Å². The molecule has 4 heterocycles. The van der Waals surface area contributed by atoms with Gasteiger partial charge in [0.1, 0.15) is 0 Å². The Morgan fingerprint density at radius 2 is 2.31 bits per heavy atom. The highest BCUT2D eigenvalue weighted by molar-refractivity contribution is 6.02. The number of primary amides is 1. The first-order valence-electron chi connectivity index (χ1n) is 8.79. The Hall–Kier alpha value is -2.87. The Bertz CT molecular complexity index is 960. The van der Waals surface area contributed by atoms with Gasteiger partial charge in [-0.3, -0.25) is 4.79 Å². The van der Waals surface area contributed by atoms with E-state index >= 15 is 0 Å². The third kappa shape index (κ3) is 2.82. The first-order valence-corrected chi connectivity index (χ1v) is 8.79. The fourth-order valence-corrected chi connectivity index (χ4v) is 3.55. The summed E-state index contributed by atoms with van der Waals surface area (Å²) in [4.78, 5) is 12.0. The third-order valence-corrected chi connectivity index (χ3v) is 5.01. The molecular formula is C18H22N6O2. The van der Waals surface area contributed by atoms with Crippen LogP contribution >= 0.6 is 0 Å². The van der Waals surface area contributed by atoms with Gasteiger partial charge >= 0.3 is 0 Å². The predicted molar refractivity (Wildman–Crippen MR) is 98.0 cm³/mol. The van der Waals surface area contributed by atoms with Gasteiger partial charge in [0.05, 0.1) is 28.7 Å². The Kier molecular flexibility index (Phi) is 4.12. The molecule has 8 heteroatoms. The van der Waals surface area contributed by atoms with E-state index in [1.54, 1.807) is 4.52 Å². The summed E-state index contributed by atoms with van der Waals surface area (Å²) in [5, 5.41) is 15.2. The number of amides is 1. The van der Waals surface area contributed by atoms with Crippen molar-refractivity contribution in [1.29, 1.82) is 0 Å². The third-order valence-electron chi connectivity index (χ3n) is 5.01. The SMILES string of the molecule is CC[C@@H]1CNC[C@H]1Nc1c(C(N)=O)cnn2cc(-c3cc(C)no3)cc12. The lowest BCUT2D eigenvalue weighted by Gasteiger charge is -2.21. The lowest BCUT2D eigenvalue weighted by Crippen LogP contribution is -2.30. The topological polar surface area (TPSA) is 110 Å². The standard InChI is InChI=1S/C18H22N6O2/c1-3-11-6-20-8-14(11)22-17-13(18(19)25)7-21-24-9-12(5-15(17)24)16-4-10(2)23-26-16/h4-5,7,9,11,14,20,22H,3,6,8H2,1-2H3,(H2,19,25)/t11-,14-/m1/s1. The quantitative estimate of drug-likeness (QED) is 0.644. The summed E-state index contributed by atoms with van der Waals surface area (Å²) in [5.41, 5.74) is 9.13. The molecule has 1 amide bonds. The number of nitrogens with zero attached hydrogens (tertiary/aromatic N) is 3. The van der Waals surface area contributed by atoms with Crippen molar-refractivity contribution in [2.45, 2.75) is 26.3 Å². The van der Waals surface area contributed by atoms with Crippen LogP contribution in [0.3, 0.4) is 0 Å². The summed E-state index contributed by atoms with van der Waals surface area (Å²) in [6.45, 7) is 5.85. The maximum Gasteiger partial charge on any atom is 0.252 e. The molecule has 1 fully saturated rings. The van der Waals surface area contributed by atoms with E-state index in [-0.39, 0.29) is 6.04 Å². The molecule has 8 nitrogen and oxygen atoms in total. The molecular weight excluding hydrogens is 332 g/mol. The van der Waals surface area contributed by atoms with E-state index in [2.05, 4.69) is 27.8 Å². The number of nitrogens with two attached hydrogens (primary N) is 1. The second-order valence-electron chi connectivity index (χ2n) is 6.77.